The SMILES string of the molecule is CC1CN(C(=O)OC(C)(C)C)CCN1c1ncnc2c1c(-c1cnn(C)c1)cn2-c1cccc(C#N)c1. The highest BCUT2D eigenvalue weighted by atomic mass is 16.6. The van der Waals surface area contributed by atoms with Gasteiger partial charge in [-0.05, 0) is 45.9 Å². The molecule has 5 rings (SSSR count). The molecule has 4 aromatic rings. The van der Waals surface area contributed by atoms with Gasteiger partial charge in [0.2, 0.25) is 0 Å². The molecule has 0 aliphatic carbocycles. The number of carbonyl (C=O) groups excluding carboxylic acids is 1. The van der Waals surface area contributed by atoms with E-state index in [2.05, 4.69) is 28.0 Å². The van der Waals surface area contributed by atoms with Crippen LogP contribution in [0, 0.1) is 11.3 Å². The van der Waals surface area contributed by atoms with E-state index in [-0.39, 0.29) is 12.1 Å². The number of amides is 1. The fourth-order valence-corrected chi connectivity index (χ4v) is 4.73. The number of aryl methyl sites for hydroxylation is 1. The van der Waals surface area contributed by atoms with E-state index in [0.717, 1.165) is 33.7 Å². The van der Waals surface area contributed by atoms with Crippen molar-refractivity contribution in [1.29, 1.82) is 5.26 Å². The zero-order chi connectivity index (χ0) is 26.3. The average Bonchev–Trinajstić information content (AvgIpc) is 3.46. The monoisotopic (exact) mass is 498 g/mol. The molecule has 10 heteroatoms. The third kappa shape index (κ3) is 4.72. The van der Waals surface area contributed by atoms with Gasteiger partial charge in [-0.2, -0.15) is 10.4 Å². The van der Waals surface area contributed by atoms with Crippen LogP contribution in [0.1, 0.15) is 33.3 Å². The molecule has 1 amide bonds. The van der Waals surface area contributed by atoms with Crippen molar-refractivity contribution >= 4 is 22.9 Å². The van der Waals surface area contributed by atoms with E-state index in [1.165, 1.54) is 0 Å². The summed E-state index contributed by atoms with van der Waals surface area (Å²) in [6, 6.07) is 9.66. The van der Waals surface area contributed by atoms with Crippen molar-refractivity contribution in [2.45, 2.75) is 39.3 Å². The lowest BCUT2D eigenvalue weighted by Crippen LogP contribution is -2.54. The fourth-order valence-electron chi connectivity index (χ4n) is 4.73. The number of piperazine rings is 1. The number of hydrogen-bond acceptors (Lipinski definition) is 7. The first-order valence-corrected chi connectivity index (χ1v) is 12.2. The van der Waals surface area contributed by atoms with Crippen molar-refractivity contribution in [2.24, 2.45) is 7.05 Å². The lowest BCUT2D eigenvalue weighted by molar-refractivity contribution is 0.0218. The smallest absolute Gasteiger partial charge is 0.410 e. The molecule has 190 valence electrons. The minimum atomic E-state index is -0.541. The number of aromatic nitrogens is 5. The van der Waals surface area contributed by atoms with Gasteiger partial charge in [-0.1, -0.05) is 6.07 Å². The summed E-state index contributed by atoms with van der Waals surface area (Å²) in [5, 5.41) is 14.7. The number of benzene rings is 1. The predicted molar refractivity (Wildman–Crippen MR) is 140 cm³/mol. The molecular formula is C27H30N8O2. The number of fused-ring (bicyclic) bond motifs is 1. The van der Waals surface area contributed by atoms with Gasteiger partial charge in [-0.3, -0.25) is 4.68 Å². The van der Waals surface area contributed by atoms with E-state index in [1.807, 2.05) is 69.2 Å². The van der Waals surface area contributed by atoms with Crippen molar-refractivity contribution in [3.63, 3.8) is 0 Å². The predicted octanol–water partition coefficient (Wildman–Crippen LogP) is 4.14. The third-order valence-electron chi connectivity index (χ3n) is 6.38. The second kappa shape index (κ2) is 9.24. The van der Waals surface area contributed by atoms with Crippen molar-refractivity contribution < 1.29 is 9.53 Å². The Kier molecular flexibility index (Phi) is 6.07. The van der Waals surface area contributed by atoms with Crippen LogP contribution < -0.4 is 4.90 Å². The Bertz CT molecular complexity index is 1510. The molecular weight excluding hydrogens is 468 g/mol. The summed E-state index contributed by atoms with van der Waals surface area (Å²) in [6.45, 7) is 9.36. The van der Waals surface area contributed by atoms with Crippen LogP contribution in [0.5, 0.6) is 0 Å². The fraction of sp³-hybridized carbons (Fsp3) is 0.370. The molecule has 0 bridgehead atoms. The molecule has 1 unspecified atom stereocenters. The Labute approximate surface area is 215 Å². The summed E-state index contributed by atoms with van der Waals surface area (Å²) in [4.78, 5) is 26.1. The number of nitrogens with zero attached hydrogens (tertiary/aromatic N) is 8. The van der Waals surface area contributed by atoms with E-state index in [0.29, 0.717) is 25.2 Å². The molecule has 0 saturated carbocycles. The second-order valence-electron chi connectivity index (χ2n) is 10.3. The number of ether oxygens (including phenoxy) is 1. The lowest BCUT2D eigenvalue weighted by Gasteiger charge is -2.41. The molecule has 1 fully saturated rings. The Morgan fingerprint density at radius 1 is 1.19 bits per heavy atom. The van der Waals surface area contributed by atoms with Crippen LogP contribution in [-0.4, -0.2) is 66.6 Å². The quantitative estimate of drug-likeness (QED) is 0.418. The van der Waals surface area contributed by atoms with Gasteiger partial charge in [0, 0.05) is 61.9 Å². The topological polar surface area (TPSA) is 105 Å². The molecule has 4 heterocycles. The standard InChI is InChI=1S/C27H30N8O2/c1-18-14-33(26(36)37-27(2,3)4)9-10-34(18)24-23-22(20-13-31-32(5)15-20)16-35(25(23)30-17-29-24)21-8-6-7-19(11-21)12-28/h6-8,11,13,15-18H,9-10,14H2,1-5H3. The molecule has 1 aliphatic rings. The van der Waals surface area contributed by atoms with Crippen LogP contribution in [0.3, 0.4) is 0 Å². The summed E-state index contributed by atoms with van der Waals surface area (Å²) in [5.74, 6) is 0.801. The molecule has 1 atom stereocenters. The number of hydrogen-bond donors (Lipinski definition) is 0. The van der Waals surface area contributed by atoms with Crippen LogP contribution in [0.25, 0.3) is 27.8 Å². The van der Waals surface area contributed by atoms with Crippen LogP contribution in [0.4, 0.5) is 10.6 Å². The van der Waals surface area contributed by atoms with Gasteiger partial charge in [0.05, 0.1) is 23.2 Å². The minimum absolute atomic E-state index is 0.00591. The van der Waals surface area contributed by atoms with E-state index in [4.69, 9.17) is 9.72 Å². The van der Waals surface area contributed by atoms with Gasteiger partial charge in [0.25, 0.3) is 0 Å². The van der Waals surface area contributed by atoms with Gasteiger partial charge in [-0.25, -0.2) is 14.8 Å². The number of carbonyl (C=O) groups is 1. The summed E-state index contributed by atoms with van der Waals surface area (Å²) in [6.07, 6.45) is 7.09. The van der Waals surface area contributed by atoms with Crippen molar-refractivity contribution in [3.8, 4) is 22.9 Å². The summed E-state index contributed by atoms with van der Waals surface area (Å²) in [5.41, 5.74) is 3.50. The maximum absolute atomic E-state index is 12.7. The molecule has 1 aromatic carbocycles. The second-order valence-corrected chi connectivity index (χ2v) is 10.3. The Hall–Kier alpha value is -4.39. The molecule has 0 N–H and O–H groups in total. The van der Waals surface area contributed by atoms with E-state index < -0.39 is 5.60 Å². The molecule has 3 aromatic heterocycles. The van der Waals surface area contributed by atoms with Gasteiger partial charge in [-0.15, -0.1) is 0 Å². The Morgan fingerprint density at radius 3 is 2.68 bits per heavy atom. The van der Waals surface area contributed by atoms with Crippen LogP contribution >= 0.6 is 0 Å². The largest absolute Gasteiger partial charge is 0.444 e. The van der Waals surface area contributed by atoms with Crippen LogP contribution in [-0.2, 0) is 11.8 Å². The molecule has 1 saturated heterocycles. The third-order valence-corrected chi connectivity index (χ3v) is 6.38. The maximum atomic E-state index is 12.7. The highest BCUT2D eigenvalue weighted by molar-refractivity contribution is 6.02. The summed E-state index contributed by atoms with van der Waals surface area (Å²) >= 11 is 0. The zero-order valence-electron chi connectivity index (χ0n) is 21.7. The first-order chi connectivity index (χ1) is 17.6. The Morgan fingerprint density at radius 2 is 2.00 bits per heavy atom. The van der Waals surface area contributed by atoms with Crippen LogP contribution in [0.15, 0.2) is 49.2 Å². The lowest BCUT2D eigenvalue weighted by atomic mass is 10.1. The minimum Gasteiger partial charge on any atom is -0.444 e. The number of anilines is 1. The van der Waals surface area contributed by atoms with Crippen molar-refractivity contribution in [1.82, 2.24) is 29.2 Å². The van der Waals surface area contributed by atoms with Crippen molar-refractivity contribution in [2.75, 3.05) is 24.5 Å². The highest BCUT2D eigenvalue weighted by Gasteiger charge is 2.32. The first kappa shape index (κ1) is 24.3. The summed E-state index contributed by atoms with van der Waals surface area (Å²) < 4.78 is 9.35. The highest BCUT2D eigenvalue weighted by Crippen LogP contribution is 2.37. The number of rotatable bonds is 3. The first-order valence-electron chi connectivity index (χ1n) is 12.2. The molecule has 0 spiro atoms. The Balaban J connectivity index is 1.59. The van der Waals surface area contributed by atoms with E-state index in [1.54, 1.807) is 22.0 Å². The van der Waals surface area contributed by atoms with Crippen molar-refractivity contribution in [3.05, 3.63) is 54.7 Å². The van der Waals surface area contributed by atoms with E-state index in [9.17, 15) is 10.1 Å². The number of nitriles is 1. The van der Waals surface area contributed by atoms with Gasteiger partial charge in [0.15, 0.2) is 5.65 Å². The average molecular weight is 499 g/mol. The van der Waals surface area contributed by atoms with E-state index >= 15 is 0 Å². The molecule has 10 nitrogen and oxygen atoms in total. The molecule has 37 heavy (non-hydrogen) atoms. The zero-order valence-corrected chi connectivity index (χ0v) is 21.7. The van der Waals surface area contributed by atoms with Gasteiger partial charge >= 0.3 is 6.09 Å². The molecule has 1 aliphatic heterocycles. The van der Waals surface area contributed by atoms with Gasteiger partial charge < -0.3 is 19.1 Å². The maximum Gasteiger partial charge on any atom is 0.410 e. The molecule has 0 radical (unpaired) electrons. The normalized spacial score (nSPS) is 16.2. The van der Waals surface area contributed by atoms with Crippen LogP contribution in [0.2, 0.25) is 0 Å². The summed E-state index contributed by atoms with van der Waals surface area (Å²) in [7, 11) is 1.88. The van der Waals surface area contributed by atoms with Gasteiger partial charge in [0.1, 0.15) is 17.7 Å².